The van der Waals surface area contributed by atoms with E-state index < -0.39 is 11.2 Å². The lowest BCUT2D eigenvalue weighted by atomic mass is 10.0. The number of guanidine groups is 1. The number of nitrogens with two attached hydrogens (primary N) is 2. The van der Waals surface area contributed by atoms with E-state index in [2.05, 4.69) is 20.5 Å². The third-order valence-corrected chi connectivity index (χ3v) is 7.13. The van der Waals surface area contributed by atoms with E-state index in [9.17, 15) is 14.4 Å². The van der Waals surface area contributed by atoms with Crippen LogP contribution in [0.25, 0.3) is 5.69 Å². The van der Waals surface area contributed by atoms with Crippen molar-refractivity contribution < 1.29 is 9.59 Å². The number of anilines is 1. The summed E-state index contributed by atoms with van der Waals surface area (Å²) in [6, 6.07) is 9.24. The number of nitrogens with one attached hydrogen (secondary N) is 3. The molecule has 2 saturated heterocycles. The fraction of sp³-hybridized carbons (Fsp3) is 0.519. The molecule has 0 saturated carbocycles. The summed E-state index contributed by atoms with van der Waals surface area (Å²) in [5, 5.41) is 13.1. The van der Waals surface area contributed by atoms with Crippen LogP contribution in [0.5, 0.6) is 0 Å². The van der Waals surface area contributed by atoms with Crippen molar-refractivity contribution in [3.8, 4) is 5.69 Å². The Hall–Kier alpha value is -3.97. The minimum absolute atomic E-state index is 0.0185. The maximum absolute atomic E-state index is 12.7. The minimum Gasteiger partial charge on any atom is -0.370 e. The maximum atomic E-state index is 12.7. The van der Waals surface area contributed by atoms with Gasteiger partial charge in [-0.3, -0.25) is 25.0 Å². The highest BCUT2D eigenvalue weighted by Crippen LogP contribution is 2.16. The number of piperazine rings is 1. The molecule has 1 aromatic carbocycles. The molecule has 2 aliphatic heterocycles. The molecule has 13 nitrogen and oxygen atoms in total. The number of benzene rings is 1. The fourth-order valence-corrected chi connectivity index (χ4v) is 4.99. The van der Waals surface area contributed by atoms with Crippen LogP contribution in [0, 0.1) is 5.41 Å². The molecular weight excluding hydrogens is 512 g/mol. The van der Waals surface area contributed by atoms with Crippen LogP contribution in [0.1, 0.15) is 38.7 Å². The molecule has 216 valence electrons. The summed E-state index contributed by atoms with van der Waals surface area (Å²) in [6.07, 6.45) is 3.72. The lowest BCUT2D eigenvalue weighted by molar-refractivity contribution is -0.133. The highest BCUT2D eigenvalue weighted by atomic mass is 16.2. The van der Waals surface area contributed by atoms with Crippen molar-refractivity contribution in [1.82, 2.24) is 29.6 Å². The summed E-state index contributed by atoms with van der Waals surface area (Å²) in [5.41, 5.74) is 12.1. The molecule has 1 aromatic heterocycles. The number of piperidine rings is 1. The molecule has 2 fully saturated rings. The number of carbonyl (C=O) groups excluding carboxylic acids is 2. The van der Waals surface area contributed by atoms with Gasteiger partial charge < -0.3 is 26.6 Å². The summed E-state index contributed by atoms with van der Waals surface area (Å²) in [4.78, 5) is 47.6. The SMILES string of the molecule is CC(C)(N)CC(=O)N1CCN(C(=O)Nc2ccn(-c3ccc(CN4CCC(NC(=N)N)CC4)cc3)c(=O)n2)CC1. The summed E-state index contributed by atoms with van der Waals surface area (Å²) in [5.74, 6) is 0.174. The predicted molar refractivity (Wildman–Crippen MR) is 153 cm³/mol. The Labute approximate surface area is 234 Å². The second kappa shape index (κ2) is 12.5. The molecule has 0 atom stereocenters. The van der Waals surface area contributed by atoms with E-state index in [-0.39, 0.29) is 36.2 Å². The van der Waals surface area contributed by atoms with E-state index in [1.807, 2.05) is 38.1 Å². The number of hydrogen-bond donors (Lipinski definition) is 5. The zero-order valence-electron chi connectivity index (χ0n) is 23.2. The first-order valence-electron chi connectivity index (χ1n) is 13.6. The first-order chi connectivity index (χ1) is 19.0. The zero-order chi connectivity index (χ0) is 28.9. The molecular formula is C27H40N10O3. The molecule has 7 N–H and O–H groups in total. The Balaban J connectivity index is 1.27. The molecule has 13 heteroatoms. The van der Waals surface area contributed by atoms with Crippen molar-refractivity contribution in [3.63, 3.8) is 0 Å². The van der Waals surface area contributed by atoms with Gasteiger partial charge in [-0.25, -0.2) is 9.59 Å². The van der Waals surface area contributed by atoms with E-state index in [1.54, 1.807) is 22.1 Å². The van der Waals surface area contributed by atoms with Crippen molar-refractivity contribution in [2.75, 3.05) is 44.6 Å². The number of aromatic nitrogens is 2. The smallest absolute Gasteiger partial charge is 0.354 e. The second-order valence-corrected chi connectivity index (χ2v) is 11.2. The summed E-state index contributed by atoms with van der Waals surface area (Å²) in [6.45, 7) is 7.91. The number of carbonyl (C=O) groups is 2. The van der Waals surface area contributed by atoms with Crippen LogP contribution in [0.15, 0.2) is 41.3 Å². The molecule has 3 heterocycles. The van der Waals surface area contributed by atoms with Gasteiger partial charge in [0, 0.05) is 70.0 Å². The van der Waals surface area contributed by atoms with Gasteiger partial charge >= 0.3 is 11.7 Å². The zero-order valence-corrected chi connectivity index (χ0v) is 23.2. The monoisotopic (exact) mass is 552 g/mol. The quantitative estimate of drug-likeness (QED) is 0.243. The first kappa shape index (κ1) is 29.0. The van der Waals surface area contributed by atoms with Gasteiger partial charge in [-0.05, 0) is 50.5 Å². The van der Waals surface area contributed by atoms with Gasteiger partial charge in [0.25, 0.3) is 0 Å². The summed E-state index contributed by atoms with van der Waals surface area (Å²) < 4.78 is 1.43. The average molecular weight is 553 g/mol. The van der Waals surface area contributed by atoms with Crippen molar-refractivity contribution in [2.45, 2.75) is 51.2 Å². The molecule has 40 heavy (non-hydrogen) atoms. The molecule has 3 amide bonds. The number of hydrogen-bond acceptors (Lipinski definition) is 7. The number of rotatable bonds is 7. The number of likely N-dealkylation sites (tertiary alicyclic amines) is 1. The highest BCUT2D eigenvalue weighted by Gasteiger charge is 2.27. The first-order valence-corrected chi connectivity index (χ1v) is 13.6. The van der Waals surface area contributed by atoms with Crippen molar-refractivity contribution in [1.29, 1.82) is 5.41 Å². The highest BCUT2D eigenvalue weighted by molar-refractivity contribution is 5.88. The maximum Gasteiger partial charge on any atom is 0.354 e. The number of urea groups is 1. The van der Waals surface area contributed by atoms with Gasteiger partial charge in [-0.2, -0.15) is 4.98 Å². The summed E-state index contributed by atoms with van der Waals surface area (Å²) in [7, 11) is 0. The lowest BCUT2D eigenvalue weighted by Crippen LogP contribution is -2.53. The van der Waals surface area contributed by atoms with E-state index in [4.69, 9.17) is 16.9 Å². The molecule has 4 rings (SSSR count). The van der Waals surface area contributed by atoms with Gasteiger partial charge in [0.1, 0.15) is 5.82 Å². The van der Waals surface area contributed by atoms with Gasteiger partial charge in [-0.15, -0.1) is 0 Å². The van der Waals surface area contributed by atoms with Gasteiger partial charge in [-0.1, -0.05) is 12.1 Å². The van der Waals surface area contributed by atoms with E-state index >= 15 is 0 Å². The largest absolute Gasteiger partial charge is 0.370 e. The van der Waals surface area contributed by atoms with E-state index in [0.29, 0.717) is 31.9 Å². The van der Waals surface area contributed by atoms with Crippen LogP contribution in [0.2, 0.25) is 0 Å². The number of nitrogens with zero attached hydrogens (tertiary/aromatic N) is 5. The van der Waals surface area contributed by atoms with Gasteiger partial charge in [0.15, 0.2) is 5.96 Å². The topological polar surface area (TPSA) is 179 Å². The van der Waals surface area contributed by atoms with Crippen LogP contribution < -0.4 is 27.8 Å². The van der Waals surface area contributed by atoms with Crippen LogP contribution in [0.4, 0.5) is 10.6 Å². The Bertz CT molecular complexity index is 1250. The van der Waals surface area contributed by atoms with Gasteiger partial charge in [0.05, 0.1) is 5.69 Å². The average Bonchev–Trinajstić information content (AvgIpc) is 2.89. The van der Waals surface area contributed by atoms with Crippen LogP contribution in [-0.2, 0) is 11.3 Å². The molecule has 0 bridgehead atoms. The molecule has 2 aliphatic rings. The van der Waals surface area contributed by atoms with Crippen molar-refractivity contribution in [3.05, 3.63) is 52.6 Å². The van der Waals surface area contributed by atoms with E-state index in [1.165, 1.54) is 4.57 Å². The standard InChI is InChI=1S/C27H40N10O3/c1-27(2,30)17-23(38)35-13-15-36(16-14-35)25(39)32-22-9-12-37(26(40)33-22)21-5-3-19(4-6-21)18-34-10-7-20(8-11-34)31-24(28)29/h3-6,9,12,20H,7-8,10-11,13-18,30H2,1-2H3,(H4,28,29,31)(H,32,33,39,40). The van der Waals surface area contributed by atoms with Gasteiger partial charge in [0.2, 0.25) is 5.91 Å². The third kappa shape index (κ3) is 8.02. The van der Waals surface area contributed by atoms with Crippen molar-refractivity contribution in [2.24, 2.45) is 11.5 Å². The third-order valence-electron chi connectivity index (χ3n) is 7.13. The lowest BCUT2D eigenvalue weighted by Gasteiger charge is -2.35. The molecule has 0 spiro atoms. The Morgan fingerprint density at radius 2 is 1.65 bits per heavy atom. The summed E-state index contributed by atoms with van der Waals surface area (Å²) >= 11 is 0. The van der Waals surface area contributed by atoms with Crippen LogP contribution in [0.3, 0.4) is 0 Å². The molecule has 0 radical (unpaired) electrons. The number of amides is 3. The Kier molecular flexibility index (Phi) is 9.05. The fourth-order valence-electron chi connectivity index (χ4n) is 4.99. The van der Waals surface area contributed by atoms with Crippen LogP contribution >= 0.6 is 0 Å². The normalized spacial score (nSPS) is 17.0. The van der Waals surface area contributed by atoms with E-state index in [0.717, 1.165) is 38.0 Å². The molecule has 2 aromatic rings. The minimum atomic E-state index is -0.576. The second-order valence-electron chi connectivity index (χ2n) is 11.2. The van der Waals surface area contributed by atoms with Crippen LogP contribution in [-0.4, -0.2) is 93.0 Å². The molecule has 0 unspecified atom stereocenters. The Morgan fingerprint density at radius 1 is 1.02 bits per heavy atom. The molecule has 0 aliphatic carbocycles. The Morgan fingerprint density at radius 3 is 2.23 bits per heavy atom. The predicted octanol–water partition coefficient (Wildman–Crippen LogP) is 0.483. The van der Waals surface area contributed by atoms with Crippen molar-refractivity contribution >= 4 is 23.7 Å².